The predicted molar refractivity (Wildman–Crippen MR) is 95.2 cm³/mol. The zero-order valence-corrected chi connectivity index (χ0v) is 19.6. The van der Waals surface area contributed by atoms with E-state index in [1.807, 2.05) is 0 Å². The third kappa shape index (κ3) is 18.7. The van der Waals surface area contributed by atoms with Crippen molar-refractivity contribution in [2.75, 3.05) is 13.1 Å². The number of carboxylic acids is 2. The summed E-state index contributed by atoms with van der Waals surface area (Å²) in [5.74, 6) is -2.78. The molecule has 6 nitrogen and oxygen atoms in total. The van der Waals surface area contributed by atoms with Crippen LogP contribution < -0.4 is 0 Å². The van der Waals surface area contributed by atoms with E-state index in [0.29, 0.717) is 6.42 Å². The molecule has 0 heterocycles. The number of amides is 1. The molecule has 0 unspecified atom stereocenters. The van der Waals surface area contributed by atoms with Crippen molar-refractivity contribution in [3.8, 4) is 0 Å². The molecule has 24 heavy (non-hydrogen) atoms. The molecule has 0 aromatic heterocycles. The number of unbranched alkanes of at least 4 members (excludes halogenated alkanes) is 8. The Bertz CT molecular complexity index is 337. The van der Waals surface area contributed by atoms with E-state index < -0.39 is 30.9 Å². The number of carbonyl (C=O) groups is 3. The van der Waals surface area contributed by atoms with Crippen LogP contribution in [-0.2, 0) is 14.4 Å². The number of carboxylic acid groups (broad SMARTS) is 2. The number of hydrogen-bond donors (Lipinski definition) is 2. The van der Waals surface area contributed by atoms with E-state index in [-0.39, 0.29) is 65.5 Å². The molecule has 1 amide bonds. The van der Waals surface area contributed by atoms with Gasteiger partial charge in [-0.15, -0.1) is 0 Å². The van der Waals surface area contributed by atoms with Gasteiger partial charge >= 0.3 is 11.9 Å². The van der Waals surface area contributed by atoms with Gasteiger partial charge in [0.2, 0.25) is 5.91 Å². The fourth-order valence-corrected chi connectivity index (χ4v) is 2.30. The molecule has 0 atom stereocenters. The first-order valence-electron chi connectivity index (χ1n) is 8.18. The van der Waals surface area contributed by atoms with Crippen LogP contribution in [0.25, 0.3) is 0 Å². The van der Waals surface area contributed by atoms with Crippen LogP contribution in [0.1, 0.15) is 71.1 Å². The second-order valence-electron chi connectivity index (χ2n) is 5.62. The van der Waals surface area contributed by atoms with E-state index in [1.165, 1.54) is 32.1 Å². The van der Waals surface area contributed by atoms with Gasteiger partial charge in [-0.1, -0.05) is 58.3 Å². The molecule has 0 aliphatic rings. The topological polar surface area (TPSA) is 94.9 Å². The molecule has 8 heteroatoms. The Labute approximate surface area is 189 Å². The average molecular weight is 361 g/mol. The monoisotopic (exact) mass is 361 g/mol. The van der Waals surface area contributed by atoms with Crippen LogP contribution in [0.2, 0.25) is 0 Å². The minimum atomic E-state index is -1.19. The Balaban J connectivity index is -0.00000220. The maximum atomic E-state index is 11.8. The fraction of sp³-hybridized carbons (Fsp3) is 0.812. The first-order valence-corrected chi connectivity index (χ1v) is 8.18. The number of hydrogen-bond acceptors (Lipinski definition) is 3. The Hall–Kier alpha value is 0.410. The number of rotatable bonds is 14. The summed E-state index contributed by atoms with van der Waals surface area (Å²) in [6.45, 7) is 1.08. The van der Waals surface area contributed by atoms with Crippen molar-refractivity contribution in [1.29, 1.82) is 0 Å². The zero-order chi connectivity index (χ0) is 16.8. The Kier molecular flexibility index (Phi) is 24.0. The molecule has 0 saturated heterocycles. The van der Waals surface area contributed by atoms with Crippen LogP contribution in [0.15, 0.2) is 0 Å². The summed E-state index contributed by atoms with van der Waals surface area (Å²) in [4.78, 5) is 34.0. The van der Waals surface area contributed by atoms with Gasteiger partial charge in [-0.05, 0) is 6.42 Å². The van der Waals surface area contributed by atoms with Crippen molar-refractivity contribution < 1.29 is 24.6 Å². The first kappa shape index (κ1) is 29.2. The SMILES string of the molecule is CCCCCCCCCCCC(=O)N(CC(=O)O)CC(=O)O.[Na].[Na]. The molecule has 0 rings (SSSR count). The third-order valence-corrected chi connectivity index (χ3v) is 3.50. The maximum Gasteiger partial charge on any atom is 0.323 e. The maximum absolute atomic E-state index is 11.8. The number of carbonyl (C=O) groups excluding carboxylic acids is 1. The van der Waals surface area contributed by atoms with Gasteiger partial charge in [-0.3, -0.25) is 14.4 Å². The fourth-order valence-electron chi connectivity index (χ4n) is 2.30. The molecule has 0 fully saturated rings. The van der Waals surface area contributed by atoms with E-state index in [0.717, 1.165) is 24.2 Å². The summed E-state index contributed by atoms with van der Waals surface area (Å²) < 4.78 is 0. The largest absolute Gasteiger partial charge is 0.480 e. The van der Waals surface area contributed by atoms with Crippen LogP contribution >= 0.6 is 0 Å². The number of nitrogens with zero attached hydrogens (tertiary/aromatic N) is 1. The van der Waals surface area contributed by atoms with Gasteiger partial charge in [-0.25, -0.2) is 0 Å². The van der Waals surface area contributed by atoms with Crippen molar-refractivity contribution in [3.05, 3.63) is 0 Å². The summed E-state index contributed by atoms with van der Waals surface area (Å²) in [7, 11) is 0. The van der Waals surface area contributed by atoms with Crippen LogP contribution in [-0.4, -0.2) is 105 Å². The Morgan fingerprint density at radius 3 is 1.46 bits per heavy atom. The van der Waals surface area contributed by atoms with Gasteiger partial charge in [0.15, 0.2) is 0 Å². The summed E-state index contributed by atoms with van der Waals surface area (Å²) >= 11 is 0. The van der Waals surface area contributed by atoms with E-state index in [4.69, 9.17) is 10.2 Å². The minimum absolute atomic E-state index is 0. The molecule has 2 radical (unpaired) electrons. The van der Waals surface area contributed by atoms with Crippen LogP contribution in [0, 0.1) is 0 Å². The van der Waals surface area contributed by atoms with E-state index in [9.17, 15) is 14.4 Å². The molecule has 0 spiro atoms. The minimum Gasteiger partial charge on any atom is -0.480 e. The van der Waals surface area contributed by atoms with Crippen molar-refractivity contribution in [2.45, 2.75) is 71.1 Å². The molecule has 0 aliphatic heterocycles. The molecular weight excluding hydrogens is 332 g/mol. The molecule has 0 bridgehead atoms. The standard InChI is InChI=1S/C16H29NO5.2Na/c1-2-3-4-5-6-7-8-9-10-11-14(18)17(12-15(19)20)13-16(21)22;;/h2-13H2,1H3,(H,19,20)(H,21,22);;. The predicted octanol–water partition coefficient (Wildman–Crippen LogP) is 2.14. The molecule has 0 aromatic rings. The van der Waals surface area contributed by atoms with Gasteiger partial charge in [0.1, 0.15) is 13.1 Å². The third-order valence-electron chi connectivity index (χ3n) is 3.50. The van der Waals surface area contributed by atoms with Crippen LogP contribution in [0.4, 0.5) is 0 Å². The van der Waals surface area contributed by atoms with Crippen molar-refractivity contribution in [1.82, 2.24) is 4.90 Å². The molecule has 2 N–H and O–H groups in total. The van der Waals surface area contributed by atoms with Gasteiger partial charge in [0.05, 0.1) is 0 Å². The molecule has 0 aliphatic carbocycles. The van der Waals surface area contributed by atoms with Crippen LogP contribution in [0.5, 0.6) is 0 Å². The van der Waals surface area contributed by atoms with Crippen LogP contribution in [0.3, 0.4) is 0 Å². The Morgan fingerprint density at radius 2 is 1.08 bits per heavy atom. The van der Waals surface area contributed by atoms with Gasteiger partial charge in [0, 0.05) is 65.5 Å². The summed E-state index contributed by atoms with van der Waals surface area (Å²) in [6.07, 6.45) is 10.4. The molecule has 0 saturated carbocycles. The van der Waals surface area contributed by atoms with Gasteiger partial charge in [-0.2, -0.15) is 0 Å². The van der Waals surface area contributed by atoms with Crippen molar-refractivity contribution in [3.63, 3.8) is 0 Å². The van der Waals surface area contributed by atoms with E-state index in [1.54, 1.807) is 0 Å². The zero-order valence-electron chi connectivity index (χ0n) is 15.6. The quantitative estimate of drug-likeness (QED) is 0.365. The molecular formula is C16H29NNa2O5. The first-order chi connectivity index (χ1) is 10.5. The van der Waals surface area contributed by atoms with E-state index in [2.05, 4.69) is 6.92 Å². The van der Waals surface area contributed by atoms with Crippen molar-refractivity contribution in [2.24, 2.45) is 0 Å². The van der Waals surface area contributed by atoms with E-state index >= 15 is 0 Å². The molecule has 0 aromatic carbocycles. The molecule has 130 valence electrons. The van der Waals surface area contributed by atoms with Crippen molar-refractivity contribution >= 4 is 77.0 Å². The van der Waals surface area contributed by atoms with Gasteiger partial charge in [0.25, 0.3) is 0 Å². The average Bonchev–Trinajstić information content (AvgIpc) is 2.43. The summed E-state index contributed by atoms with van der Waals surface area (Å²) in [5, 5.41) is 17.4. The Morgan fingerprint density at radius 1 is 0.708 bits per heavy atom. The normalized spacial score (nSPS) is 9.54. The second-order valence-corrected chi connectivity index (χ2v) is 5.62. The summed E-state index contributed by atoms with van der Waals surface area (Å²) in [6, 6.07) is 0. The summed E-state index contributed by atoms with van der Waals surface area (Å²) in [5.41, 5.74) is 0. The smallest absolute Gasteiger partial charge is 0.323 e. The second kappa shape index (κ2) is 19.7. The van der Waals surface area contributed by atoms with Gasteiger partial charge < -0.3 is 15.1 Å². The number of aliphatic carboxylic acids is 2.